The largest absolute Gasteiger partial charge is 0.495 e. The Morgan fingerprint density at radius 2 is 2.11 bits per heavy atom. The van der Waals surface area contributed by atoms with Crippen molar-refractivity contribution in [1.82, 2.24) is 4.72 Å². The van der Waals surface area contributed by atoms with Crippen LogP contribution in [0.3, 0.4) is 0 Å². The second-order valence-corrected chi connectivity index (χ2v) is 6.45. The fourth-order valence-corrected chi connectivity index (χ4v) is 2.71. The molecule has 0 bridgehead atoms. The van der Waals surface area contributed by atoms with E-state index in [0.717, 1.165) is 0 Å². The number of aliphatic hydroxyl groups excluding tert-OH is 1. The molecule has 8 heteroatoms. The molecule has 0 saturated heterocycles. The van der Waals surface area contributed by atoms with Gasteiger partial charge in [-0.2, -0.15) is 0 Å². The van der Waals surface area contributed by atoms with E-state index in [1.165, 1.54) is 32.2 Å². The summed E-state index contributed by atoms with van der Waals surface area (Å²) in [7, 11) is -2.39. The predicted octanol–water partition coefficient (Wildman–Crippen LogP) is 0.370. The van der Waals surface area contributed by atoms with Gasteiger partial charge < -0.3 is 14.9 Å². The van der Waals surface area contributed by atoms with E-state index in [1.807, 2.05) is 0 Å². The van der Waals surface area contributed by atoms with E-state index in [4.69, 9.17) is 21.4 Å². The Balaban J connectivity index is 2.92. The number of ether oxygens (including phenoxy) is 1. The Morgan fingerprint density at radius 3 is 2.58 bits per heavy atom. The lowest BCUT2D eigenvalue weighted by molar-refractivity contribution is 0.00681. The quantitative estimate of drug-likeness (QED) is 0.705. The molecule has 3 N–H and O–H groups in total. The molecule has 0 heterocycles. The van der Waals surface area contributed by atoms with Crippen LogP contribution in [0.15, 0.2) is 23.1 Å². The molecule has 0 amide bonds. The molecule has 108 valence electrons. The Hall–Kier alpha value is -0.860. The number of hydrogen-bond acceptors (Lipinski definition) is 5. The number of halogens is 1. The summed E-state index contributed by atoms with van der Waals surface area (Å²) in [6.45, 7) is 0.449. The lowest BCUT2D eigenvalue weighted by atomic mass is 10.1. The van der Waals surface area contributed by atoms with Gasteiger partial charge in [-0.1, -0.05) is 11.6 Å². The minimum atomic E-state index is -3.81. The van der Waals surface area contributed by atoms with Crippen molar-refractivity contribution in [3.63, 3.8) is 0 Å². The van der Waals surface area contributed by atoms with Gasteiger partial charge in [-0.05, 0) is 25.1 Å². The minimum absolute atomic E-state index is 0.0490. The molecule has 1 aromatic carbocycles. The van der Waals surface area contributed by atoms with Gasteiger partial charge in [-0.3, -0.25) is 0 Å². The minimum Gasteiger partial charge on any atom is -0.495 e. The molecule has 0 aliphatic heterocycles. The first-order valence-electron chi connectivity index (χ1n) is 5.38. The second kappa shape index (κ2) is 6.06. The number of methoxy groups -OCH3 is 1. The normalized spacial score (nSPS) is 15.0. The highest BCUT2D eigenvalue weighted by Crippen LogP contribution is 2.26. The molecule has 19 heavy (non-hydrogen) atoms. The van der Waals surface area contributed by atoms with Gasteiger partial charge in [-0.15, -0.1) is 0 Å². The van der Waals surface area contributed by atoms with Crippen molar-refractivity contribution in [2.75, 3.05) is 20.3 Å². The van der Waals surface area contributed by atoms with Crippen LogP contribution in [0.25, 0.3) is 0 Å². The lowest BCUT2D eigenvalue weighted by Crippen LogP contribution is -2.43. The highest BCUT2D eigenvalue weighted by atomic mass is 35.5. The van der Waals surface area contributed by atoms with Gasteiger partial charge in [0.1, 0.15) is 5.75 Å². The summed E-state index contributed by atoms with van der Waals surface area (Å²) >= 11 is 5.85. The summed E-state index contributed by atoms with van der Waals surface area (Å²) < 4.78 is 31.0. The molecule has 1 aromatic rings. The monoisotopic (exact) mass is 309 g/mol. The summed E-state index contributed by atoms with van der Waals surface area (Å²) in [5, 5.41) is 18.6. The van der Waals surface area contributed by atoms with Crippen LogP contribution in [0.2, 0.25) is 5.02 Å². The van der Waals surface area contributed by atoms with Crippen LogP contribution >= 0.6 is 11.6 Å². The zero-order chi connectivity index (χ0) is 14.7. The molecule has 0 saturated carbocycles. The van der Waals surface area contributed by atoms with Crippen molar-refractivity contribution in [1.29, 1.82) is 0 Å². The molecule has 0 aliphatic rings. The molecule has 1 atom stereocenters. The maximum Gasteiger partial charge on any atom is 0.240 e. The van der Waals surface area contributed by atoms with Crippen molar-refractivity contribution in [3.8, 4) is 5.75 Å². The molecule has 0 aromatic heterocycles. The Morgan fingerprint density at radius 1 is 1.47 bits per heavy atom. The van der Waals surface area contributed by atoms with Gasteiger partial charge in [0.15, 0.2) is 0 Å². The van der Waals surface area contributed by atoms with E-state index in [1.54, 1.807) is 0 Å². The van der Waals surface area contributed by atoms with E-state index >= 15 is 0 Å². The van der Waals surface area contributed by atoms with Gasteiger partial charge >= 0.3 is 0 Å². The van der Waals surface area contributed by atoms with Crippen LogP contribution in [-0.4, -0.2) is 44.5 Å². The fourth-order valence-electron chi connectivity index (χ4n) is 1.20. The third-order valence-electron chi connectivity index (χ3n) is 2.42. The van der Waals surface area contributed by atoms with Gasteiger partial charge in [0.2, 0.25) is 10.0 Å². The first kappa shape index (κ1) is 16.2. The maximum atomic E-state index is 11.9. The Labute approximate surface area is 117 Å². The topological polar surface area (TPSA) is 95.9 Å². The number of nitrogens with one attached hydrogen (secondary N) is 1. The SMILES string of the molecule is COc1ccc(S(=O)(=O)NCC(C)(O)CO)cc1Cl. The summed E-state index contributed by atoms with van der Waals surface area (Å²) in [6.07, 6.45) is 0. The Bertz CT molecular complexity index is 544. The van der Waals surface area contributed by atoms with E-state index in [2.05, 4.69) is 4.72 Å². The van der Waals surface area contributed by atoms with Gasteiger partial charge in [0.25, 0.3) is 0 Å². The predicted molar refractivity (Wildman–Crippen MR) is 70.9 cm³/mol. The van der Waals surface area contributed by atoms with E-state index < -0.39 is 22.2 Å². The lowest BCUT2D eigenvalue weighted by Gasteiger charge is -2.20. The first-order chi connectivity index (χ1) is 8.72. The zero-order valence-corrected chi connectivity index (χ0v) is 12.1. The molecule has 1 unspecified atom stereocenters. The van der Waals surface area contributed by atoms with E-state index in [0.29, 0.717) is 5.75 Å². The average molecular weight is 310 g/mol. The van der Waals surface area contributed by atoms with Crippen LogP contribution in [-0.2, 0) is 10.0 Å². The zero-order valence-electron chi connectivity index (χ0n) is 10.6. The van der Waals surface area contributed by atoms with Crippen molar-refractivity contribution in [2.45, 2.75) is 17.4 Å². The number of benzene rings is 1. The summed E-state index contributed by atoms with van der Waals surface area (Å²) in [5.74, 6) is 0.364. The number of aliphatic hydroxyl groups is 2. The Kier molecular flexibility index (Phi) is 5.17. The van der Waals surface area contributed by atoms with Crippen LogP contribution in [0.5, 0.6) is 5.75 Å². The van der Waals surface area contributed by atoms with Gasteiger partial charge in [0.05, 0.1) is 29.2 Å². The highest BCUT2D eigenvalue weighted by Gasteiger charge is 2.23. The summed E-state index contributed by atoms with van der Waals surface area (Å²) in [4.78, 5) is -0.0490. The van der Waals surface area contributed by atoms with Crippen molar-refractivity contribution in [2.24, 2.45) is 0 Å². The first-order valence-corrected chi connectivity index (χ1v) is 7.24. The third-order valence-corrected chi connectivity index (χ3v) is 4.11. The smallest absolute Gasteiger partial charge is 0.240 e. The summed E-state index contributed by atoms with van der Waals surface area (Å²) in [5.41, 5.74) is -1.52. The van der Waals surface area contributed by atoms with Crippen molar-refractivity contribution < 1.29 is 23.4 Å². The average Bonchev–Trinajstić information content (AvgIpc) is 2.36. The van der Waals surface area contributed by atoms with Crippen LogP contribution in [0.4, 0.5) is 0 Å². The number of rotatable bonds is 6. The van der Waals surface area contributed by atoms with E-state index in [-0.39, 0.29) is 16.5 Å². The third kappa shape index (κ3) is 4.32. The molecule has 0 fully saturated rings. The van der Waals surface area contributed by atoms with E-state index in [9.17, 15) is 13.5 Å². The van der Waals surface area contributed by atoms with Crippen molar-refractivity contribution >= 4 is 21.6 Å². The van der Waals surface area contributed by atoms with Gasteiger partial charge in [0, 0.05) is 6.54 Å². The molecular weight excluding hydrogens is 294 g/mol. The number of sulfonamides is 1. The second-order valence-electron chi connectivity index (χ2n) is 4.28. The fraction of sp³-hybridized carbons (Fsp3) is 0.455. The van der Waals surface area contributed by atoms with Crippen LogP contribution in [0, 0.1) is 0 Å². The molecule has 0 radical (unpaired) electrons. The molecule has 0 spiro atoms. The molecule has 6 nitrogen and oxygen atoms in total. The molecular formula is C11H16ClNO5S. The van der Waals surface area contributed by atoms with Crippen molar-refractivity contribution in [3.05, 3.63) is 23.2 Å². The highest BCUT2D eigenvalue weighted by molar-refractivity contribution is 7.89. The maximum absolute atomic E-state index is 11.9. The van der Waals surface area contributed by atoms with Gasteiger partial charge in [-0.25, -0.2) is 13.1 Å². The van der Waals surface area contributed by atoms with Crippen LogP contribution in [0.1, 0.15) is 6.92 Å². The standard InChI is InChI=1S/C11H16ClNO5S/c1-11(15,7-14)6-13-19(16,17)8-3-4-10(18-2)9(12)5-8/h3-5,13-15H,6-7H2,1-2H3. The summed E-state index contributed by atoms with van der Waals surface area (Å²) in [6, 6.07) is 4.01. The number of hydrogen-bond donors (Lipinski definition) is 3. The molecule has 1 rings (SSSR count). The molecule has 0 aliphatic carbocycles. The van der Waals surface area contributed by atoms with Crippen LogP contribution < -0.4 is 9.46 Å².